The number of phenolic OH excluding ortho intramolecular Hbond substituents is 1. The number of aromatic nitrogens is 1. The predicted octanol–water partition coefficient (Wildman–Crippen LogP) is 3.77. The molecule has 0 saturated carbocycles. The van der Waals surface area contributed by atoms with Crippen LogP contribution in [0.1, 0.15) is 47.9 Å². The average molecular weight is 549 g/mol. The van der Waals surface area contributed by atoms with Crippen LogP contribution >= 0.6 is 0 Å². The number of nitriles is 1. The van der Waals surface area contributed by atoms with Gasteiger partial charge in [0.05, 0.1) is 0 Å². The van der Waals surface area contributed by atoms with Crippen LogP contribution in [0.5, 0.6) is 11.6 Å². The van der Waals surface area contributed by atoms with Gasteiger partial charge >= 0.3 is 0 Å². The van der Waals surface area contributed by atoms with Gasteiger partial charge in [-0.25, -0.2) is 0 Å². The molecule has 8 heteroatoms. The molecule has 0 spiro atoms. The first-order valence-electron chi connectivity index (χ1n) is 14.8. The summed E-state index contributed by atoms with van der Waals surface area (Å²) in [6.45, 7) is 4.67. The monoisotopic (exact) mass is 548 g/mol. The first kappa shape index (κ1) is 26.0. The number of hydrogen-bond donors (Lipinski definition) is 2. The van der Waals surface area contributed by atoms with Crippen molar-refractivity contribution in [2.75, 3.05) is 49.6 Å². The molecule has 2 N–H and O–H groups in total. The van der Waals surface area contributed by atoms with Crippen molar-refractivity contribution in [2.45, 2.75) is 56.8 Å². The first-order chi connectivity index (χ1) is 20.0. The molecule has 0 aliphatic carbocycles. The summed E-state index contributed by atoms with van der Waals surface area (Å²) in [7, 11) is 2.14. The van der Waals surface area contributed by atoms with Crippen LogP contribution in [0.15, 0.2) is 30.3 Å². The number of ether oxygens (including phenoxy) is 1. The quantitative estimate of drug-likeness (QED) is 0.466. The van der Waals surface area contributed by atoms with E-state index < -0.39 is 0 Å². The van der Waals surface area contributed by atoms with Gasteiger partial charge in [-0.1, -0.05) is 18.1 Å². The second kappa shape index (κ2) is 10.4. The second-order valence-electron chi connectivity index (χ2n) is 12.0. The van der Waals surface area contributed by atoms with Crippen molar-refractivity contribution in [1.82, 2.24) is 15.2 Å². The van der Waals surface area contributed by atoms with Crippen LogP contribution in [0.3, 0.4) is 0 Å². The van der Waals surface area contributed by atoms with E-state index in [2.05, 4.69) is 39.1 Å². The number of aromatic hydroxyl groups is 1. The Labute approximate surface area is 241 Å². The summed E-state index contributed by atoms with van der Waals surface area (Å²) in [5.74, 6) is 4.44. The molecule has 8 nitrogen and oxygen atoms in total. The molecular weight excluding hydrogens is 512 g/mol. The number of pyridine rings is 1. The van der Waals surface area contributed by atoms with Crippen molar-refractivity contribution >= 4 is 22.3 Å². The number of terminal acetylenes is 1. The Balaban J connectivity index is 1.31. The summed E-state index contributed by atoms with van der Waals surface area (Å²) in [6, 6.07) is 13.1. The zero-order valence-electron chi connectivity index (χ0n) is 23.6. The summed E-state index contributed by atoms with van der Waals surface area (Å²) in [6.07, 6.45) is 11.3. The van der Waals surface area contributed by atoms with Crippen LogP contribution in [0.25, 0.3) is 10.8 Å². The topological polar surface area (TPSA) is 87.9 Å². The Hall–Kier alpha value is -3.98. The number of rotatable bonds is 5. The molecule has 210 valence electrons. The summed E-state index contributed by atoms with van der Waals surface area (Å²) in [4.78, 5) is 12.1. The zero-order chi connectivity index (χ0) is 28.1. The molecule has 2 bridgehead atoms. The molecule has 1 aromatic heterocycles. The minimum Gasteiger partial charge on any atom is -0.508 e. The smallest absolute Gasteiger partial charge is 0.234 e. The molecule has 41 heavy (non-hydrogen) atoms. The summed E-state index contributed by atoms with van der Waals surface area (Å²) < 4.78 is 6.41. The number of likely N-dealkylation sites (tertiary alicyclic amines) is 1. The molecule has 4 aliphatic rings. The molecule has 2 unspecified atom stereocenters. The van der Waals surface area contributed by atoms with E-state index in [4.69, 9.17) is 16.1 Å². The SMILES string of the molecule is C#Cc1cccc2cc(O)cc(N3CCc4c(N5CC6CCC(C5)N6)nc(OC[C@@H]5CCCN5C)c(C#N)c4C3)c12. The normalized spacial score (nSPS) is 23.8. The highest BCUT2D eigenvalue weighted by Gasteiger charge is 2.36. The molecule has 2 aromatic carbocycles. The molecule has 3 aromatic rings. The molecular formula is C33H36N6O2. The van der Waals surface area contributed by atoms with Gasteiger partial charge in [0, 0.05) is 78.1 Å². The third-order valence-electron chi connectivity index (χ3n) is 9.49. The van der Waals surface area contributed by atoms with Crippen LogP contribution in [0.4, 0.5) is 11.5 Å². The van der Waals surface area contributed by atoms with E-state index in [9.17, 15) is 10.4 Å². The standard InChI is InChI=1S/C33H36N6O2/c1-3-21-6-4-7-22-14-26(40)15-30(31(21)22)38-13-11-27-29(19-38)28(16-34)33(41-20-25-8-5-12-37(25)2)36-32(27)39-17-23-9-10-24(18-39)35-23/h1,4,6-7,14-15,23-25,35,40H,5,8-13,17-20H2,2H3/t23?,24?,25-/m0/s1. The van der Waals surface area contributed by atoms with Crippen molar-refractivity contribution in [2.24, 2.45) is 0 Å². The van der Waals surface area contributed by atoms with Gasteiger partial charge in [0.2, 0.25) is 5.88 Å². The number of nitrogens with one attached hydrogen (secondary N) is 1. The maximum absolute atomic E-state index is 10.6. The van der Waals surface area contributed by atoms with E-state index in [-0.39, 0.29) is 5.75 Å². The summed E-state index contributed by atoms with van der Waals surface area (Å²) in [5, 5.41) is 26.7. The lowest BCUT2D eigenvalue weighted by molar-refractivity contribution is 0.192. The Bertz CT molecular complexity index is 1580. The van der Waals surface area contributed by atoms with Gasteiger partial charge in [-0.3, -0.25) is 0 Å². The van der Waals surface area contributed by atoms with E-state index >= 15 is 0 Å². The molecule has 5 heterocycles. The Morgan fingerprint density at radius 1 is 1.12 bits per heavy atom. The largest absolute Gasteiger partial charge is 0.508 e. The van der Waals surface area contributed by atoms with Gasteiger partial charge in [0.15, 0.2) is 0 Å². The fraction of sp³-hybridized carbons (Fsp3) is 0.455. The lowest BCUT2D eigenvalue weighted by Gasteiger charge is -2.38. The van der Waals surface area contributed by atoms with Crippen LogP contribution in [0, 0.1) is 23.7 Å². The molecule has 7 rings (SSSR count). The van der Waals surface area contributed by atoms with Gasteiger partial charge in [0.1, 0.15) is 29.8 Å². The maximum atomic E-state index is 10.6. The van der Waals surface area contributed by atoms with Gasteiger partial charge in [-0.05, 0) is 63.2 Å². The number of phenols is 1. The number of benzene rings is 2. The van der Waals surface area contributed by atoms with Gasteiger partial charge in [-0.15, -0.1) is 6.42 Å². The maximum Gasteiger partial charge on any atom is 0.234 e. The summed E-state index contributed by atoms with van der Waals surface area (Å²) in [5.41, 5.74) is 4.32. The molecule has 3 saturated heterocycles. The van der Waals surface area contributed by atoms with Crippen molar-refractivity contribution in [3.8, 4) is 30.0 Å². The Morgan fingerprint density at radius 2 is 1.95 bits per heavy atom. The molecule has 0 radical (unpaired) electrons. The molecule has 3 atom stereocenters. The van der Waals surface area contributed by atoms with E-state index in [1.54, 1.807) is 12.1 Å². The highest BCUT2D eigenvalue weighted by Crippen LogP contribution is 2.41. The fourth-order valence-electron chi connectivity index (χ4n) is 7.37. The highest BCUT2D eigenvalue weighted by atomic mass is 16.5. The summed E-state index contributed by atoms with van der Waals surface area (Å²) >= 11 is 0. The van der Waals surface area contributed by atoms with Gasteiger partial charge in [-0.2, -0.15) is 10.2 Å². The zero-order valence-corrected chi connectivity index (χ0v) is 23.6. The van der Waals surface area contributed by atoms with E-state index in [1.807, 2.05) is 18.2 Å². The molecule has 4 aliphatic heterocycles. The fourth-order valence-corrected chi connectivity index (χ4v) is 7.37. The van der Waals surface area contributed by atoms with E-state index in [0.29, 0.717) is 42.7 Å². The van der Waals surface area contributed by atoms with Crippen molar-refractivity contribution in [3.05, 3.63) is 52.6 Å². The lowest BCUT2D eigenvalue weighted by atomic mass is 9.94. The lowest BCUT2D eigenvalue weighted by Crippen LogP contribution is -2.52. The molecule has 3 fully saturated rings. The Kier molecular flexibility index (Phi) is 6.61. The van der Waals surface area contributed by atoms with Crippen molar-refractivity contribution < 1.29 is 9.84 Å². The van der Waals surface area contributed by atoms with Crippen LogP contribution in [0.2, 0.25) is 0 Å². The van der Waals surface area contributed by atoms with Gasteiger partial charge < -0.3 is 29.9 Å². The number of nitrogens with zero attached hydrogens (tertiary/aromatic N) is 5. The minimum absolute atomic E-state index is 0.199. The Morgan fingerprint density at radius 3 is 2.68 bits per heavy atom. The van der Waals surface area contributed by atoms with E-state index in [1.165, 1.54) is 12.8 Å². The van der Waals surface area contributed by atoms with Gasteiger partial charge in [0.25, 0.3) is 0 Å². The predicted molar refractivity (Wildman–Crippen MR) is 161 cm³/mol. The van der Waals surface area contributed by atoms with Crippen LogP contribution in [-0.2, 0) is 13.0 Å². The average Bonchev–Trinajstić information content (AvgIpc) is 3.56. The number of hydrogen-bond acceptors (Lipinski definition) is 8. The number of piperazine rings is 1. The third-order valence-corrected chi connectivity index (χ3v) is 9.49. The van der Waals surface area contributed by atoms with E-state index in [0.717, 1.165) is 84.4 Å². The number of likely N-dealkylation sites (N-methyl/N-ethyl adjacent to an activating group) is 1. The van der Waals surface area contributed by atoms with Crippen LogP contribution in [-0.4, -0.2) is 72.9 Å². The van der Waals surface area contributed by atoms with Crippen molar-refractivity contribution in [3.63, 3.8) is 0 Å². The highest BCUT2D eigenvalue weighted by molar-refractivity contribution is 6.00. The third kappa shape index (κ3) is 4.62. The second-order valence-corrected chi connectivity index (χ2v) is 12.0. The molecule has 0 amide bonds. The number of anilines is 2. The van der Waals surface area contributed by atoms with Crippen molar-refractivity contribution in [1.29, 1.82) is 5.26 Å². The minimum atomic E-state index is 0.199. The van der Waals surface area contributed by atoms with Crippen LogP contribution < -0.4 is 19.9 Å². The first-order valence-corrected chi connectivity index (χ1v) is 14.8. The number of fused-ring (bicyclic) bond motifs is 4.